The molecule has 1 aromatic carbocycles. The Kier molecular flexibility index (Phi) is 6.87. The molecular weight excluding hydrogens is 302 g/mol. The van der Waals surface area contributed by atoms with Gasteiger partial charge in [0.15, 0.2) is 0 Å². The average molecular weight is 328 g/mol. The van der Waals surface area contributed by atoms with Gasteiger partial charge in [0.2, 0.25) is 0 Å². The molecule has 0 amide bonds. The lowest BCUT2D eigenvalue weighted by atomic mass is 9.86. The molecule has 1 aliphatic carbocycles. The van der Waals surface area contributed by atoms with Gasteiger partial charge in [0.05, 0.1) is 0 Å². The summed E-state index contributed by atoms with van der Waals surface area (Å²) in [6.07, 6.45) is 5.76. The van der Waals surface area contributed by atoms with E-state index in [2.05, 4.69) is 24.8 Å². The number of phenolic OH excluding ortho intramolecular Hbond substituents is 1. The minimum Gasteiger partial charge on any atom is -0.508 e. The van der Waals surface area contributed by atoms with E-state index in [1.54, 1.807) is 0 Å². The predicted molar refractivity (Wildman–Crippen MR) is 86.4 cm³/mol. The van der Waals surface area contributed by atoms with Gasteiger partial charge in [0.1, 0.15) is 5.75 Å². The van der Waals surface area contributed by atoms with E-state index >= 15 is 0 Å². The summed E-state index contributed by atoms with van der Waals surface area (Å²) in [4.78, 5) is 2.63. The predicted octanol–water partition coefficient (Wildman–Crippen LogP) is 3.95. The van der Waals surface area contributed by atoms with Crippen LogP contribution >= 0.6 is 17.0 Å². The molecule has 1 aliphatic rings. The highest BCUT2D eigenvalue weighted by molar-refractivity contribution is 8.93. The Labute approximate surface area is 127 Å². The molecule has 1 N–H and O–H groups in total. The second-order valence-corrected chi connectivity index (χ2v) is 5.35. The molecule has 0 saturated heterocycles. The quantitative estimate of drug-likeness (QED) is 0.885. The van der Waals surface area contributed by atoms with Gasteiger partial charge >= 0.3 is 0 Å². The zero-order chi connectivity index (χ0) is 13.0. The maximum absolute atomic E-state index is 9.87. The second kappa shape index (κ2) is 7.91. The molecule has 2 rings (SSSR count). The summed E-state index contributed by atoms with van der Waals surface area (Å²) in [7, 11) is 0. The number of hydrogen-bond donors (Lipinski definition) is 1. The molecule has 0 spiro atoms. The van der Waals surface area contributed by atoms with Crippen molar-refractivity contribution in [1.29, 1.82) is 0 Å². The van der Waals surface area contributed by atoms with Gasteiger partial charge in [-0.2, -0.15) is 0 Å². The van der Waals surface area contributed by atoms with Gasteiger partial charge in [0.25, 0.3) is 0 Å². The van der Waals surface area contributed by atoms with Crippen LogP contribution < -0.4 is 0 Å². The molecule has 0 fully saturated rings. The van der Waals surface area contributed by atoms with Crippen molar-refractivity contribution in [3.05, 3.63) is 29.3 Å². The van der Waals surface area contributed by atoms with Crippen LogP contribution in [0.2, 0.25) is 0 Å². The van der Waals surface area contributed by atoms with Crippen molar-refractivity contribution < 1.29 is 5.11 Å². The smallest absolute Gasteiger partial charge is 0.119 e. The van der Waals surface area contributed by atoms with E-state index in [4.69, 9.17) is 0 Å². The topological polar surface area (TPSA) is 23.5 Å². The minimum absolute atomic E-state index is 0. The van der Waals surface area contributed by atoms with Gasteiger partial charge in [-0.1, -0.05) is 26.0 Å². The Bertz CT molecular complexity index is 388. The van der Waals surface area contributed by atoms with Crippen molar-refractivity contribution in [1.82, 2.24) is 4.90 Å². The molecule has 1 atom stereocenters. The highest BCUT2D eigenvalue weighted by Crippen LogP contribution is 2.30. The number of aromatic hydroxyl groups is 1. The highest BCUT2D eigenvalue weighted by atomic mass is 79.9. The summed E-state index contributed by atoms with van der Waals surface area (Å²) in [6.45, 7) is 6.91. The summed E-state index contributed by atoms with van der Waals surface area (Å²) in [5, 5.41) is 9.87. The van der Waals surface area contributed by atoms with Crippen molar-refractivity contribution in [2.45, 2.75) is 52.0 Å². The van der Waals surface area contributed by atoms with Crippen LogP contribution in [0, 0.1) is 0 Å². The van der Waals surface area contributed by atoms with Crippen molar-refractivity contribution in [2.75, 3.05) is 13.1 Å². The van der Waals surface area contributed by atoms with Crippen LogP contribution in [0.4, 0.5) is 0 Å². The summed E-state index contributed by atoms with van der Waals surface area (Å²) in [5.74, 6) is 0.489. The molecule has 108 valence electrons. The van der Waals surface area contributed by atoms with E-state index in [0.29, 0.717) is 11.8 Å². The molecule has 0 aromatic heterocycles. The molecule has 0 radical (unpaired) electrons. The van der Waals surface area contributed by atoms with Crippen LogP contribution in [0.25, 0.3) is 0 Å². The van der Waals surface area contributed by atoms with E-state index < -0.39 is 0 Å². The Morgan fingerprint density at radius 3 is 2.53 bits per heavy atom. The van der Waals surface area contributed by atoms with Crippen molar-refractivity contribution in [3.63, 3.8) is 0 Å². The lowest BCUT2D eigenvalue weighted by molar-refractivity contribution is 0.179. The standard InChI is InChI=1S/C16H25NO.BrH/c1-3-10-17(11-4-2)14-8-9-15-13(12-14)6-5-7-16(15)18;/h5-7,14,18H,3-4,8-12H2,1-2H3;1H/t14-;/m1./s1. The summed E-state index contributed by atoms with van der Waals surface area (Å²) in [6, 6.07) is 6.63. The van der Waals surface area contributed by atoms with Gasteiger partial charge in [0, 0.05) is 6.04 Å². The maximum atomic E-state index is 9.87. The number of fused-ring (bicyclic) bond motifs is 1. The van der Waals surface area contributed by atoms with Gasteiger partial charge in [-0.25, -0.2) is 0 Å². The van der Waals surface area contributed by atoms with Crippen LogP contribution in [0.3, 0.4) is 0 Å². The molecular formula is C16H26BrNO. The van der Waals surface area contributed by atoms with Crippen LogP contribution in [0.5, 0.6) is 5.75 Å². The van der Waals surface area contributed by atoms with E-state index in [-0.39, 0.29) is 17.0 Å². The van der Waals surface area contributed by atoms with Gasteiger partial charge in [-0.15, -0.1) is 17.0 Å². The third-order valence-electron chi connectivity index (χ3n) is 3.97. The Balaban J connectivity index is 0.00000180. The first kappa shape index (κ1) is 16.5. The normalized spacial score (nSPS) is 17.9. The largest absolute Gasteiger partial charge is 0.508 e. The van der Waals surface area contributed by atoms with Crippen molar-refractivity contribution in [2.24, 2.45) is 0 Å². The fourth-order valence-corrected chi connectivity index (χ4v) is 3.13. The summed E-state index contributed by atoms with van der Waals surface area (Å²) in [5.41, 5.74) is 2.53. The molecule has 0 unspecified atom stereocenters. The van der Waals surface area contributed by atoms with E-state index in [9.17, 15) is 5.11 Å². The molecule has 0 aliphatic heterocycles. The third kappa shape index (κ3) is 3.96. The lowest BCUT2D eigenvalue weighted by Crippen LogP contribution is -2.40. The lowest BCUT2D eigenvalue weighted by Gasteiger charge is -2.35. The number of rotatable bonds is 5. The third-order valence-corrected chi connectivity index (χ3v) is 3.97. The van der Waals surface area contributed by atoms with Gasteiger partial charge in [-0.05, 0) is 62.4 Å². The fraction of sp³-hybridized carbons (Fsp3) is 0.625. The molecule has 1 aromatic rings. The highest BCUT2D eigenvalue weighted by Gasteiger charge is 2.24. The Morgan fingerprint density at radius 1 is 1.21 bits per heavy atom. The zero-order valence-electron chi connectivity index (χ0n) is 12.1. The van der Waals surface area contributed by atoms with Crippen molar-refractivity contribution in [3.8, 4) is 5.75 Å². The number of nitrogens with zero attached hydrogens (tertiary/aromatic N) is 1. The fourth-order valence-electron chi connectivity index (χ4n) is 3.13. The monoisotopic (exact) mass is 327 g/mol. The maximum Gasteiger partial charge on any atom is 0.119 e. The second-order valence-electron chi connectivity index (χ2n) is 5.35. The van der Waals surface area contributed by atoms with Gasteiger partial charge in [-0.3, -0.25) is 0 Å². The zero-order valence-corrected chi connectivity index (χ0v) is 13.8. The van der Waals surface area contributed by atoms with E-state index in [1.165, 1.54) is 43.5 Å². The number of hydrogen-bond acceptors (Lipinski definition) is 2. The first-order valence-corrected chi connectivity index (χ1v) is 7.30. The van der Waals surface area contributed by atoms with Crippen molar-refractivity contribution >= 4 is 17.0 Å². The van der Waals surface area contributed by atoms with Crippen LogP contribution in [0.1, 0.15) is 44.2 Å². The summed E-state index contributed by atoms with van der Waals surface area (Å²) < 4.78 is 0. The van der Waals surface area contributed by atoms with E-state index in [1.807, 2.05) is 12.1 Å². The number of benzene rings is 1. The molecule has 0 saturated carbocycles. The first-order valence-electron chi connectivity index (χ1n) is 7.30. The minimum atomic E-state index is 0. The molecule has 0 heterocycles. The van der Waals surface area contributed by atoms with E-state index in [0.717, 1.165) is 12.8 Å². The van der Waals surface area contributed by atoms with Crippen LogP contribution in [-0.2, 0) is 12.8 Å². The summed E-state index contributed by atoms with van der Waals surface area (Å²) >= 11 is 0. The van der Waals surface area contributed by atoms with Gasteiger partial charge < -0.3 is 10.0 Å². The molecule has 2 nitrogen and oxygen atoms in total. The SMILES string of the molecule is Br.CCCN(CCC)[C@@H]1CCc2c(O)cccc2C1. The molecule has 3 heteroatoms. The molecule has 19 heavy (non-hydrogen) atoms. The average Bonchev–Trinajstić information content (AvgIpc) is 2.38. The molecule has 0 bridgehead atoms. The van der Waals surface area contributed by atoms with Crippen LogP contribution in [0.15, 0.2) is 18.2 Å². The van der Waals surface area contributed by atoms with Crippen LogP contribution in [-0.4, -0.2) is 29.1 Å². The number of halogens is 1. The Hall–Kier alpha value is -0.540. The number of phenols is 1. The first-order chi connectivity index (χ1) is 8.76. The Morgan fingerprint density at radius 2 is 1.89 bits per heavy atom.